The summed E-state index contributed by atoms with van der Waals surface area (Å²) >= 11 is 0. The van der Waals surface area contributed by atoms with Gasteiger partial charge >= 0.3 is 0 Å². The molecule has 10 heteroatoms. The third kappa shape index (κ3) is 4.95. The van der Waals surface area contributed by atoms with Crippen molar-refractivity contribution in [1.29, 1.82) is 0 Å². The number of fused-ring (bicyclic) bond motifs is 1. The summed E-state index contributed by atoms with van der Waals surface area (Å²) in [6.45, 7) is 4.95. The first kappa shape index (κ1) is 22.7. The number of rotatable bonds is 8. The van der Waals surface area contributed by atoms with Crippen LogP contribution in [0.4, 0.5) is 5.82 Å². The van der Waals surface area contributed by atoms with Crippen LogP contribution in [0, 0.1) is 0 Å². The lowest BCUT2D eigenvalue weighted by atomic mass is 10.1. The molecule has 0 atom stereocenters. The van der Waals surface area contributed by atoms with E-state index in [1.54, 1.807) is 0 Å². The number of aromatic amines is 1. The molecule has 1 aliphatic heterocycles. The largest absolute Gasteiger partial charge is 0.346 e. The van der Waals surface area contributed by atoms with Gasteiger partial charge in [0.1, 0.15) is 11.4 Å². The van der Waals surface area contributed by atoms with E-state index in [0.29, 0.717) is 13.1 Å². The monoisotopic (exact) mass is 485 g/mol. The van der Waals surface area contributed by atoms with Crippen molar-refractivity contribution in [3.05, 3.63) is 60.3 Å². The van der Waals surface area contributed by atoms with Crippen molar-refractivity contribution in [2.75, 3.05) is 45.1 Å². The number of hydrogen-bond donors (Lipinski definition) is 3. The van der Waals surface area contributed by atoms with E-state index in [-0.39, 0.29) is 5.91 Å². The van der Waals surface area contributed by atoms with Gasteiger partial charge in [-0.2, -0.15) is 5.10 Å². The molecule has 1 saturated heterocycles. The number of aromatic nitrogens is 5. The predicted molar refractivity (Wildman–Crippen MR) is 138 cm³/mol. The van der Waals surface area contributed by atoms with E-state index in [1.165, 1.54) is 5.56 Å². The number of carbonyl (C=O) groups is 1. The van der Waals surface area contributed by atoms with Gasteiger partial charge in [0.25, 0.3) is 0 Å². The van der Waals surface area contributed by atoms with Crippen LogP contribution in [0.25, 0.3) is 22.2 Å². The second kappa shape index (κ2) is 9.36. The molecule has 1 saturated carbocycles. The van der Waals surface area contributed by atoms with Crippen molar-refractivity contribution in [1.82, 2.24) is 40.3 Å². The molecule has 10 nitrogen and oxygen atoms in total. The molecule has 3 N–H and O–H groups in total. The van der Waals surface area contributed by atoms with Crippen LogP contribution in [0.1, 0.15) is 18.4 Å². The highest BCUT2D eigenvalue weighted by Crippen LogP contribution is 2.38. The second-order valence-electron chi connectivity index (χ2n) is 9.95. The van der Waals surface area contributed by atoms with Crippen molar-refractivity contribution >= 4 is 22.6 Å². The van der Waals surface area contributed by atoms with E-state index >= 15 is 0 Å². The molecule has 0 spiro atoms. The summed E-state index contributed by atoms with van der Waals surface area (Å²) < 4.78 is 1.85. The van der Waals surface area contributed by atoms with Crippen molar-refractivity contribution in [3.8, 4) is 11.3 Å². The van der Waals surface area contributed by atoms with Gasteiger partial charge in [-0.25, -0.2) is 4.68 Å². The molecule has 0 bridgehead atoms. The van der Waals surface area contributed by atoms with Crippen LogP contribution >= 0.6 is 0 Å². The minimum Gasteiger partial charge on any atom is -0.346 e. The number of anilines is 1. The summed E-state index contributed by atoms with van der Waals surface area (Å²) in [6, 6.07) is 16.3. The van der Waals surface area contributed by atoms with E-state index in [9.17, 15) is 4.79 Å². The standard InChI is InChI=1S/C26H31N9O/c1-33-11-13-34(14-12-33)18-24(36)27-26(9-10-26)28-25-21-15-20(7-8-22(21)29-31-25)23-17-35(32-30-23)16-19-5-3-2-4-6-19/h2-8,15,17H,9-14,16,18H2,1H3,(H,27,36)(H2,28,29,31). The maximum atomic E-state index is 12.8. The quantitative estimate of drug-likeness (QED) is 0.328. The summed E-state index contributed by atoms with van der Waals surface area (Å²) in [5, 5.41) is 24.0. The van der Waals surface area contributed by atoms with Gasteiger partial charge in [-0.1, -0.05) is 41.6 Å². The highest BCUT2D eigenvalue weighted by Gasteiger charge is 2.45. The molecule has 36 heavy (non-hydrogen) atoms. The van der Waals surface area contributed by atoms with E-state index in [1.807, 2.05) is 41.2 Å². The van der Waals surface area contributed by atoms with Gasteiger partial charge in [0.05, 0.1) is 24.8 Å². The molecule has 3 heterocycles. The molecule has 1 aliphatic carbocycles. The zero-order chi connectivity index (χ0) is 24.5. The number of carbonyl (C=O) groups excluding carboxylic acids is 1. The fourth-order valence-electron chi connectivity index (χ4n) is 4.70. The number of hydrogen-bond acceptors (Lipinski definition) is 7. The molecular weight excluding hydrogens is 454 g/mol. The Hall–Kier alpha value is -3.76. The summed E-state index contributed by atoms with van der Waals surface area (Å²) in [5.74, 6) is 0.793. The molecule has 2 fully saturated rings. The number of nitrogens with one attached hydrogen (secondary N) is 3. The Bertz CT molecular complexity index is 1350. The maximum Gasteiger partial charge on any atom is 0.235 e. The first-order chi connectivity index (χ1) is 17.6. The molecule has 0 unspecified atom stereocenters. The lowest BCUT2D eigenvalue weighted by Crippen LogP contribution is -2.51. The molecule has 186 valence electrons. The van der Waals surface area contributed by atoms with E-state index in [0.717, 1.165) is 67.0 Å². The van der Waals surface area contributed by atoms with E-state index < -0.39 is 5.66 Å². The Kier molecular flexibility index (Phi) is 5.90. The van der Waals surface area contributed by atoms with Crippen molar-refractivity contribution in [3.63, 3.8) is 0 Å². The van der Waals surface area contributed by atoms with Crippen molar-refractivity contribution in [2.45, 2.75) is 25.0 Å². The SMILES string of the molecule is CN1CCN(CC(=O)NC2(Nc3n[nH]c4ccc(-c5cn(Cc6ccccc6)nn5)cc34)CC2)CC1. The minimum absolute atomic E-state index is 0.0557. The third-order valence-electron chi connectivity index (χ3n) is 7.03. The van der Waals surface area contributed by atoms with Gasteiger partial charge in [-0.05, 0) is 37.6 Å². The van der Waals surface area contributed by atoms with Crippen LogP contribution in [0.3, 0.4) is 0 Å². The zero-order valence-electron chi connectivity index (χ0n) is 20.4. The van der Waals surface area contributed by atoms with Gasteiger partial charge in [0, 0.05) is 37.1 Å². The number of likely N-dealkylation sites (N-methyl/N-ethyl adjacent to an activating group) is 1. The normalized spacial score (nSPS) is 17.8. The van der Waals surface area contributed by atoms with Crippen LogP contribution in [0.15, 0.2) is 54.7 Å². The molecule has 4 aromatic rings. The van der Waals surface area contributed by atoms with Gasteiger partial charge in [-0.15, -0.1) is 5.10 Å². The summed E-state index contributed by atoms with van der Waals surface area (Å²) in [5.41, 5.74) is 3.45. The van der Waals surface area contributed by atoms with Gasteiger partial charge < -0.3 is 15.5 Å². The number of benzene rings is 2. The summed E-state index contributed by atoms with van der Waals surface area (Å²) in [4.78, 5) is 17.3. The van der Waals surface area contributed by atoms with Crippen LogP contribution in [0.5, 0.6) is 0 Å². The number of H-pyrrole nitrogens is 1. The average Bonchev–Trinajstić information content (AvgIpc) is 3.28. The van der Waals surface area contributed by atoms with Gasteiger partial charge in [-0.3, -0.25) is 14.8 Å². The van der Waals surface area contributed by atoms with Gasteiger partial charge in [0.15, 0.2) is 5.82 Å². The lowest BCUT2D eigenvalue weighted by Gasteiger charge is -2.32. The molecule has 1 amide bonds. The topological polar surface area (TPSA) is 107 Å². The van der Waals surface area contributed by atoms with E-state index in [4.69, 9.17) is 0 Å². The minimum atomic E-state index is -0.430. The highest BCUT2D eigenvalue weighted by molar-refractivity contribution is 5.93. The third-order valence-corrected chi connectivity index (χ3v) is 7.03. The van der Waals surface area contributed by atoms with Crippen LogP contribution in [-0.4, -0.2) is 86.3 Å². The molecule has 2 aliphatic rings. The molecule has 2 aromatic heterocycles. The summed E-state index contributed by atoms with van der Waals surface area (Å²) in [7, 11) is 2.12. The maximum absolute atomic E-state index is 12.8. The Balaban J connectivity index is 1.14. The molecular formula is C26H31N9O. The Labute approximate surface area is 209 Å². The molecule has 2 aromatic carbocycles. The van der Waals surface area contributed by atoms with Crippen molar-refractivity contribution in [2.24, 2.45) is 0 Å². The van der Waals surface area contributed by atoms with Crippen LogP contribution in [0.2, 0.25) is 0 Å². The fourth-order valence-corrected chi connectivity index (χ4v) is 4.70. The first-order valence-corrected chi connectivity index (χ1v) is 12.5. The van der Waals surface area contributed by atoms with Crippen molar-refractivity contribution < 1.29 is 4.79 Å². The molecule has 0 radical (unpaired) electrons. The lowest BCUT2D eigenvalue weighted by molar-refractivity contribution is -0.123. The fraction of sp³-hybridized carbons (Fsp3) is 0.385. The predicted octanol–water partition coefficient (Wildman–Crippen LogP) is 2.14. The van der Waals surface area contributed by atoms with Crippen LogP contribution in [-0.2, 0) is 11.3 Å². The van der Waals surface area contributed by atoms with Crippen LogP contribution < -0.4 is 10.6 Å². The smallest absolute Gasteiger partial charge is 0.235 e. The number of piperazine rings is 1. The number of nitrogens with zero attached hydrogens (tertiary/aromatic N) is 6. The van der Waals surface area contributed by atoms with Gasteiger partial charge in [0.2, 0.25) is 5.91 Å². The van der Waals surface area contributed by atoms with E-state index in [2.05, 4.69) is 66.2 Å². The summed E-state index contributed by atoms with van der Waals surface area (Å²) in [6.07, 6.45) is 3.72. The second-order valence-corrected chi connectivity index (χ2v) is 9.95. The molecule has 6 rings (SSSR count). The first-order valence-electron chi connectivity index (χ1n) is 12.5. The Morgan fingerprint density at radius 2 is 1.89 bits per heavy atom. The Morgan fingerprint density at radius 1 is 1.08 bits per heavy atom. The highest BCUT2D eigenvalue weighted by atomic mass is 16.2. The number of amides is 1. The zero-order valence-corrected chi connectivity index (χ0v) is 20.4. The average molecular weight is 486 g/mol. The Morgan fingerprint density at radius 3 is 2.67 bits per heavy atom.